The molecule has 0 radical (unpaired) electrons. The van der Waals surface area contributed by atoms with Gasteiger partial charge in [0.25, 0.3) is 0 Å². The molecule has 33 heavy (non-hydrogen) atoms. The largest absolute Gasteiger partial charge is 0.492 e. The zero-order valence-electron chi connectivity index (χ0n) is 20.9. The Kier molecular flexibility index (Phi) is 10.8. The molecule has 0 amide bonds. The third-order valence-electron chi connectivity index (χ3n) is 4.86. The minimum Gasteiger partial charge on any atom is -0.492 e. The molecule has 1 aromatic carbocycles. The van der Waals surface area contributed by atoms with Crippen LogP contribution < -0.4 is 19.8 Å². The van der Waals surface area contributed by atoms with Crippen LogP contribution in [0.15, 0.2) is 62.9 Å². The molecule has 0 aliphatic rings. The van der Waals surface area contributed by atoms with Crippen molar-refractivity contribution < 1.29 is 18.6 Å². The van der Waals surface area contributed by atoms with Gasteiger partial charge >= 0.3 is 5.63 Å². The summed E-state index contributed by atoms with van der Waals surface area (Å²) in [6, 6.07) is 5.41. The maximum absolute atomic E-state index is 12.7. The SMILES string of the molecule is CC/C=C/CCOc1cccc2oc(=O)c(OC(C)C)c(OC/C=C(\C)CCC=C(C)C)c12. The van der Waals surface area contributed by atoms with Gasteiger partial charge < -0.3 is 18.6 Å². The minimum absolute atomic E-state index is 0.0787. The number of fused-ring (bicyclic) bond motifs is 1. The van der Waals surface area contributed by atoms with Crippen LogP contribution in [0.1, 0.15) is 67.2 Å². The summed E-state index contributed by atoms with van der Waals surface area (Å²) in [6.07, 6.45) is 12.0. The van der Waals surface area contributed by atoms with Crippen molar-refractivity contribution in [3.8, 4) is 17.2 Å². The van der Waals surface area contributed by atoms with Crippen molar-refractivity contribution in [3.05, 3.63) is 64.1 Å². The molecule has 0 spiro atoms. The lowest BCUT2D eigenvalue weighted by molar-refractivity contribution is 0.216. The molecule has 0 aliphatic heterocycles. The van der Waals surface area contributed by atoms with Gasteiger partial charge in [0, 0.05) is 0 Å². The van der Waals surface area contributed by atoms with Crippen molar-refractivity contribution in [2.45, 2.75) is 73.3 Å². The Morgan fingerprint density at radius 3 is 2.52 bits per heavy atom. The Morgan fingerprint density at radius 1 is 1.03 bits per heavy atom. The third-order valence-corrected chi connectivity index (χ3v) is 4.86. The van der Waals surface area contributed by atoms with E-state index in [1.165, 1.54) is 11.1 Å². The van der Waals surface area contributed by atoms with Gasteiger partial charge in [-0.05, 0) is 78.5 Å². The second kappa shape index (κ2) is 13.6. The van der Waals surface area contributed by atoms with Gasteiger partial charge in [0.15, 0.2) is 5.75 Å². The van der Waals surface area contributed by atoms with Crippen molar-refractivity contribution in [2.24, 2.45) is 0 Å². The molecule has 5 nitrogen and oxygen atoms in total. The van der Waals surface area contributed by atoms with E-state index in [0.717, 1.165) is 25.7 Å². The van der Waals surface area contributed by atoms with E-state index in [0.29, 0.717) is 35.7 Å². The molecule has 0 N–H and O–H groups in total. The number of rotatable bonds is 13. The van der Waals surface area contributed by atoms with Gasteiger partial charge in [0.2, 0.25) is 5.75 Å². The first kappa shape index (κ1) is 26.3. The van der Waals surface area contributed by atoms with Crippen LogP contribution in [0.4, 0.5) is 0 Å². The standard InChI is InChI=1S/C28H38O5/c1-7-8-9-10-18-30-23-15-12-16-24-25(23)26(27(28(29)33-24)32-21(4)5)31-19-17-22(6)14-11-13-20(2)3/h8-9,12-13,15-17,21H,7,10-11,14,18-19H2,1-6H3/b9-8+,22-17+. The average molecular weight is 455 g/mol. The van der Waals surface area contributed by atoms with Crippen molar-refractivity contribution in [1.29, 1.82) is 0 Å². The van der Waals surface area contributed by atoms with E-state index < -0.39 is 5.63 Å². The van der Waals surface area contributed by atoms with Gasteiger partial charge in [0.1, 0.15) is 23.3 Å². The van der Waals surface area contributed by atoms with Gasteiger partial charge in [-0.1, -0.05) is 42.4 Å². The van der Waals surface area contributed by atoms with E-state index >= 15 is 0 Å². The van der Waals surface area contributed by atoms with E-state index in [2.05, 4.69) is 45.9 Å². The molecule has 0 fully saturated rings. The fourth-order valence-electron chi connectivity index (χ4n) is 3.25. The molecule has 0 aliphatic carbocycles. The first-order valence-corrected chi connectivity index (χ1v) is 11.8. The van der Waals surface area contributed by atoms with Crippen LogP contribution in [0.5, 0.6) is 17.2 Å². The zero-order chi connectivity index (χ0) is 24.2. The van der Waals surface area contributed by atoms with E-state index in [4.69, 9.17) is 18.6 Å². The molecule has 180 valence electrons. The number of benzene rings is 1. The lowest BCUT2D eigenvalue weighted by Crippen LogP contribution is -2.15. The number of ether oxygens (including phenoxy) is 3. The molecule has 1 heterocycles. The number of allylic oxidation sites excluding steroid dienone is 4. The van der Waals surface area contributed by atoms with Gasteiger partial charge in [-0.15, -0.1) is 0 Å². The molecule has 5 heteroatoms. The minimum atomic E-state index is -0.557. The Bertz CT molecular complexity index is 1040. The van der Waals surface area contributed by atoms with Gasteiger partial charge in [-0.3, -0.25) is 0 Å². The van der Waals surface area contributed by atoms with Crippen LogP contribution in [-0.4, -0.2) is 19.3 Å². The Balaban J connectivity index is 2.37. The molecule has 0 unspecified atom stereocenters. The van der Waals surface area contributed by atoms with Crippen LogP contribution in [0.25, 0.3) is 11.0 Å². The van der Waals surface area contributed by atoms with E-state index in [1.54, 1.807) is 6.07 Å². The highest BCUT2D eigenvalue weighted by molar-refractivity contribution is 5.91. The smallest absolute Gasteiger partial charge is 0.383 e. The van der Waals surface area contributed by atoms with Crippen molar-refractivity contribution in [2.75, 3.05) is 13.2 Å². The third kappa shape index (κ3) is 8.49. The molecular formula is C28H38O5. The van der Waals surface area contributed by atoms with Crippen LogP contribution in [0.3, 0.4) is 0 Å². The summed E-state index contributed by atoms with van der Waals surface area (Å²) in [6.45, 7) is 12.9. The summed E-state index contributed by atoms with van der Waals surface area (Å²) < 4.78 is 23.5. The highest BCUT2D eigenvalue weighted by Gasteiger charge is 2.22. The molecular weight excluding hydrogens is 416 g/mol. The quantitative estimate of drug-likeness (QED) is 0.179. The summed E-state index contributed by atoms with van der Waals surface area (Å²) in [5.74, 6) is 1.05. The summed E-state index contributed by atoms with van der Waals surface area (Å²) >= 11 is 0. The van der Waals surface area contributed by atoms with Gasteiger partial charge in [-0.25, -0.2) is 4.79 Å². The first-order valence-electron chi connectivity index (χ1n) is 11.8. The van der Waals surface area contributed by atoms with Gasteiger partial charge in [-0.2, -0.15) is 0 Å². The summed E-state index contributed by atoms with van der Waals surface area (Å²) in [5, 5.41) is 0.614. The number of hydrogen-bond acceptors (Lipinski definition) is 5. The average Bonchev–Trinajstić information content (AvgIpc) is 2.75. The normalized spacial score (nSPS) is 11.9. The fraction of sp³-hybridized carbons (Fsp3) is 0.464. The molecule has 0 atom stereocenters. The van der Waals surface area contributed by atoms with Gasteiger partial charge in [0.05, 0.1) is 12.7 Å². The predicted molar refractivity (Wildman–Crippen MR) is 136 cm³/mol. The highest BCUT2D eigenvalue weighted by atomic mass is 16.5. The van der Waals surface area contributed by atoms with Crippen LogP contribution >= 0.6 is 0 Å². The Hall–Kier alpha value is -2.95. The van der Waals surface area contributed by atoms with E-state index in [9.17, 15) is 4.79 Å². The molecule has 2 aromatic rings. The Morgan fingerprint density at radius 2 is 1.82 bits per heavy atom. The Labute approximate surface area is 197 Å². The van der Waals surface area contributed by atoms with Crippen LogP contribution in [-0.2, 0) is 0 Å². The lowest BCUT2D eigenvalue weighted by atomic mass is 10.1. The van der Waals surface area contributed by atoms with E-state index in [1.807, 2.05) is 32.1 Å². The fourth-order valence-corrected chi connectivity index (χ4v) is 3.25. The zero-order valence-corrected chi connectivity index (χ0v) is 20.9. The molecule has 1 aromatic heterocycles. The van der Waals surface area contributed by atoms with Crippen LogP contribution in [0.2, 0.25) is 0 Å². The predicted octanol–water partition coefficient (Wildman–Crippen LogP) is 7.39. The summed E-state index contributed by atoms with van der Waals surface area (Å²) in [5.41, 5.74) is 2.40. The van der Waals surface area contributed by atoms with Crippen molar-refractivity contribution in [1.82, 2.24) is 0 Å². The van der Waals surface area contributed by atoms with Crippen molar-refractivity contribution in [3.63, 3.8) is 0 Å². The second-order valence-corrected chi connectivity index (χ2v) is 8.54. The first-order chi connectivity index (χ1) is 15.8. The molecule has 0 saturated carbocycles. The molecule has 0 bridgehead atoms. The second-order valence-electron chi connectivity index (χ2n) is 8.54. The summed E-state index contributed by atoms with van der Waals surface area (Å²) in [7, 11) is 0. The lowest BCUT2D eigenvalue weighted by Gasteiger charge is -2.17. The summed E-state index contributed by atoms with van der Waals surface area (Å²) in [4.78, 5) is 12.7. The highest BCUT2D eigenvalue weighted by Crippen LogP contribution is 2.39. The van der Waals surface area contributed by atoms with Crippen LogP contribution in [0, 0.1) is 0 Å². The monoisotopic (exact) mass is 454 g/mol. The maximum atomic E-state index is 12.7. The maximum Gasteiger partial charge on any atom is 0.383 e. The molecule has 2 rings (SSSR count). The van der Waals surface area contributed by atoms with E-state index in [-0.39, 0.29) is 11.9 Å². The molecule has 0 saturated heterocycles. The number of hydrogen-bond donors (Lipinski definition) is 0. The van der Waals surface area contributed by atoms with Crippen molar-refractivity contribution >= 4 is 11.0 Å². The topological polar surface area (TPSA) is 57.9 Å².